The molecule has 0 spiro atoms. The van der Waals surface area contributed by atoms with Gasteiger partial charge in [-0.3, -0.25) is 9.59 Å². The lowest BCUT2D eigenvalue weighted by atomic mass is 9.39. The Bertz CT molecular complexity index is 563. The maximum atomic E-state index is 13.1. The number of rotatable bonds is 14. The SMILES string of the molecule is CCCCC(CC)CC12CCC(CC1)[C@H](C(=O)O)[C@@]2(CC(CC)CCCC)C(=O)O. The van der Waals surface area contributed by atoms with Gasteiger partial charge in [0.05, 0.1) is 11.3 Å². The van der Waals surface area contributed by atoms with Crippen LogP contribution in [0.2, 0.25) is 0 Å². The molecule has 3 fully saturated rings. The second-order valence-electron chi connectivity index (χ2n) is 10.5. The monoisotopic (exact) mass is 422 g/mol. The number of carboxylic acid groups (broad SMARTS) is 2. The number of hydrogen-bond donors (Lipinski definition) is 2. The normalized spacial score (nSPS) is 32.7. The van der Waals surface area contributed by atoms with Crippen LogP contribution in [-0.4, -0.2) is 22.2 Å². The Kier molecular flexibility index (Phi) is 9.24. The van der Waals surface area contributed by atoms with Crippen molar-refractivity contribution in [3.63, 3.8) is 0 Å². The van der Waals surface area contributed by atoms with Gasteiger partial charge >= 0.3 is 11.9 Å². The van der Waals surface area contributed by atoms with Crippen molar-refractivity contribution in [3.05, 3.63) is 0 Å². The van der Waals surface area contributed by atoms with Gasteiger partial charge < -0.3 is 10.2 Å². The summed E-state index contributed by atoms with van der Waals surface area (Å²) in [6.45, 7) is 8.75. The quantitative estimate of drug-likeness (QED) is 0.311. The first-order valence-corrected chi connectivity index (χ1v) is 12.8. The van der Waals surface area contributed by atoms with E-state index in [1.54, 1.807) is 0 Å². The van der Waals surface area contributed by atoms with Crippen molar-refractivity contribution in [1.82, 2.24) is 0 Å². The molecule has 3 rings (SSSR count). The van der Waals surface area contributed by atoms with Crippen LogP contribution in [0.5, 0.6) is 0 Å². The predicted molar refractivity (Wildman–Crippen MR) is 121 cm³/mol. The van der Waals surface area contributed by atoms with Gasteiger partial charge in [0, 0.05) is 0 Å². The standard InChI is InChI=1S/C26H46O4/c1-5-9-11-19(7-3)17-25-15-13-21(14-16-25)22(23(27)28)26(25,24(29)30)18-20(8-4)12-10-6-2/h19-22H,5-18H2,1-4H3,(H,27,28)(H,29,30)/t19?,20?,21?,22-,25?,26+/m1/s1. The van der Waals surface area contributed by atoms with Gasteiger partial charge in [0.15, 0.2) is 0 Å². The molecule has 0 aliphatic heterocycles. The Morgan fingerprint density at radius 3 is 1.77 bits per heavy atom. The summed E-state index contributed by atoms with van der Waals surface area (Å²) in [5, 5.41) is 21.1. The van der Waals surface area contributed by atoms with Crippen molar-refractivity contribution in [2.45, 2.75) is 118 Å². The van der Waals surface area contributed by atoms with E-state index >= 15 is 0 Å². The van der Waals surface area contributed by atoms with Crippen LogP contribution < -0.4 is 0 Å². The summed E-state index contributed by atoms with van der Waals surface area (Å²) >= 11 is 0. The van der Waals surface area contributed by atoms with Crippen molar-refractivity contribution < 1.29 is 19.8 Å². The minimum absolute atomic E-state index is 0.0277. The number of fused-ring (bicyclic) bond motifs is 3. The van der Waals surface area contributed by atoms with Crippen LogP contribution in [-0.2, 0) is 9.59 Å². The van der Waals surface area contributed by atoms with Crippen LogP contribution in [0.3, 0.4) is 0 Å². The maximum Gasteiger partial charge on any atom is 0.311 e. The minimum Gasteiger partial charge on any atom is -0.481 e. The fourth-order valence-corrected chi connectivity index (χ4v) is 7.19. The van der Waals surface area contributed by atoms with Crippen molar-refractivity contribution in [2.75, 3.05) is 0 Å². The van der Waals surface area contributed by atoms with Crippen molar-refractivity contribution in [1.29, 1.82) is 0 Å². The van der Waals surface area contributed by atoms with Crippen molar-refractivity contribution in [2.24, 2.45) is 34.5 Å². The molecule has 2 unspecified atom stereocenters. The van der Waals surface area contributed by atoms with Crippen LogP contribution >= 0.6 is 0 Å². The molecule has 174 valence electrons. The third kappa shape index (κ3) is 4.72. The lowest BCUT2D eigenvalue weighted by Gasteiger charge is -2.62. The summed E-state index contributed by atoms with van der Waals surface area (Å²) in [6, 6.07) is 0. The highest BCUT2D eigenvalue weighted by Gasteiger charge is 2.69. The third-order valence-corrected chi connectivity index (χ3v) is 8.96. The average molecular weight is 423 g/mol. The van der Waals surface area contributed by atoms with Gasteiger partial charge in [-0.25, -0.2) is 0 Å². The molecule has 3 aliphatic rings. The lowest BCUT2D eigenvalue weighted by molar-refractivity contribution is -0.209. The van der Waals surface area contributed by atoms with E-state index in [1.807, 2.05) is 0 Å². The van der Waals surface area contributed by atoms with E-state index in [9.17, 15) is 19.8 Å². The summed E-state index contributed by atoms with van der Waals surface area (Å²) in [6.07, 6.45) is 13.7. The summed E-state index contributed by atoms with van der Waals surface area (Å²) in [5.41, 5.74) is -1.46. The Balaban J connectivity index is 2.51. The molecule has 0 aromatic rings. The fourth-order valence-electron chi connectivity index (χ4n) is 7.19. The molecule has 0 amide bonds. The highest BCUT2D eigenvalue weighted by Crippen LogP contribution is 2.68. The van der Waals surface area contributed by atoms with Crippen LogP contribution in [0.4, 0.5) is 0 Å². The van der Waals surface area contributed by atoms with Gasteiger partial charge in [-0.15, -0.1) is 0 Å². The van der Waals surface area contributed by atoms with Crippen molar-refractivity contribution in [3.8, 4) is 0 Å². The molecule has 4 nitrogen and oxygen atoms in total. The zero-order chi connectivity index (χ0) is 22.4. The molecule has 4 heteroatoms. The smallest absolute Gasteiger partial charge is 0.311 e. The molecule has 4 atom stereocenters. The summed E-state index contributed by atoms with van der Waals surface area (Å²) in [7, 11) is 0. The summed E-state index contributed by atoms with van der Waals surface area (Å²) < 4.78 is 0. The fraction of sp³-hybridized carbons (Fsp3) is 0.923. The Hall–Kier alpha value is -1.06. The number of aliphatic carboxylic acids is 2. The van der Waals surface area contributed by atoms with Crippen LogP contribution in [0.15, 0.2) is 0 Å². The molecule has 0 saturated heterocycles. The van der Waals surface area contributed by atoms with E-state index in [0.717, 1.165) is 77.0 Å². The summed E-state index contributed by atoms with van der Waals surface area (Å²) in [5.74, 6) is -1.58. The van der Waals surface area contributed by atoms with E-state index in [0.29, 0.717) is 18.3 Å². The van der Waals surface area contributed by atoms with Crippen LogP contribution in [0, 0.1) is 34.5 Å². The van der Waals surface area contributed by atoms with E-state index in [4.69, 9.17) is 0 Å². The zero-order valence-electron chi connectivity index (χ0n) is 19.9. The van der Waals surface area contributed by atoms with E-state index in [2.05, 4.69) is 27.7 Å². The van der Waals surface area contributed by atoms with Gasteiger partial charge in [0.2, 0.25) is 0 Å². The highest BCUT2D eigenvalue weighted by molar-refractivity contribution is 5.85. The molecule has 0 aromatic heterocycles. The second kappa shape index (κ2) is 11.0. The Morgan fingerprint density at radius 2 is 1.37 bits per heavy atom. The largest absolute Gasteiger partial charge is 0.481 e. The average Bonchev–Trinajstić information content (AvgIpc) is 2.74. The highest BCUT2D eigenvalue weighted by atomic mass is 16.4. The van der Waals surface area contributed by atoms with Gasteiger partial charge in [0.1, 0.15) is 0 Å². The number of unbranched alkanes of at least 4 members (excludes halogenated alkanes) is 2. The molecule has 0 heterocycles. The number of carbonyl (C=O) groups is 2. The lowest BCUT2D eigenvalue weighted by Crippen LogP contribution is -2.64. The first kappa shape index (κ1) is 25.2. The van der Waals surface area contributed by atoms with Gasteiger partial charge in [-0.05, 0) is 61.7 Å². The molecule has 2 bridgehead atoms. The number of carboxylic acids is 2. The molecule has 0 aromatic carbocycles. The predicted octanol–water partition coefficient (Wildman–Crippen LogP) is 7.16. The van der Waals surface area contributed by atoms with E-state index in [1.165, 1.54) is 6.42 Å². The van der Waals surface area contributed by atoms with Crippen LogP contribution in [0.25, 0.3) is 0 Å². The van der Waals surface area contributed by atoms with Gasteiger partial charge in [-0.1, -0.05) is 79.1 Å². The van der Waals surface area contributed by atoms with Crippen molar-refractivity contribution >= 4 is 11.9 Å². The zero-order valence-corrected chi connectivity index (χ0v) is 19.9. The molecule has 30 heavy (non-hydrogen) atoms. The van der Waals surface area contributed by atoms with Crippen LogP contribution in [0.1, 0.15) is 118 Å². The van der Waals surface area contributed by atoms with Gasteiger partial charge in [-0.2, -0.15) is 0 Å². The minimum atomic E-state index is -1.10. The molecular weight excluding hydrogens is 376 g/mol. The molecule has 0 radical (unpaired) electrons. The Labute approximate surface area is 184 Å². The molecule has 2 N–H and O–H groups in total. The first-order valence-electron chi connectivity index (χ1n) is 12.8. The second-order valence-corrected chi connectivity index (χ2v) is 10.5. The topological polar surface area (TPSA) is 74.6 Å². The summed E-state index contributed by atoms with van der Waals surface area (Å²) in [4.78, 5) is 25.7. The van der Waals surface area contributed by atoms with E-state index in [-0.39, 0.29) is 11.3 Å². The molecule has 3 saturated carbocycles. The number of hydrogen-bond acceptors (Lipinski definition) is 2. The Morgan fingerprint density at radius 1 is 0.867 bits per heavy atom. The molecule has 3 aliphatic carbocycles. The van der Waals surface area contributed by atoms with Gasteiger partial charge in [0.25, 0.3) is 0 Å². The maximum absolute atomic E-state index is 13.1. The first-order chi connectivity index (χ1) is 14.3. The van der Waals surface area contributed by atoms with E-state index < -0.39 is 23.3 Å². The molecular formula is C26H46O4. The third-order valence-electron chi connectivity index (χ3n) is 8.96.